The second kappa shape index (κ2) is 5.40. The van der Waals surface area contributed by atoms with E-state index in [1.54, 1.807) is 7.11 Å². The van der Waals surface area contributed by atoms with Gasteiger partial charge in [0.15, 0.2) is 5.65 Å². The third-order valence-electron chi connectivity index (χ3n) is 3.81. The van der Waals surface area contributed by atoms with Crippen molar-refractivity contribution >= 4 is 16.7 Å². The lowest BCUT2D eigenvalue weighted by Gasteiger charge is -2.18. The molecule has 20 heavy (non-hydrogen) atoms. The minimum atomic E-state index is 0.325. The number of anilines is 1. The van der Waals surface area contributed by atoms with Gasteiger partial charge in [-0.25, -0.2) is 9.67 Å². The number of methoxy groups -OCH3 is 1. The van der Waals surface area contributed by atoms with Crippen LogP contribution in [0.3, 0.4) is 0 Å². The third kappa shape index (κ3) is 2.63. The summed E-state index contributed by atoms with van der Waals surface area (Å²) in [6.07, 6.45) is 6.37. The van der Waals surface area contributed by atoms with Gasteiger partial charge in [0.1, 0.15) is 0 Å². The molecule has 0 aliphatic heterocycles. The summed E-state index contributed by atoms with van der Waals surface area (Å²) in [6.45, 7) is 4.97. The smallest absolute Gasteiger partial charge is 0.158 e. The fourth-order valence-electron chi connectivity index (χ4n) is 2.58. The molecule has 2 heterocycles. The van der Waals surface area contributed by atoms with Gasteiger partial charge in [0.05, 0.1) is 30.7 Å². The van der Waals surface area contributed by atoms with E-state index in [2.05, 4.69) is 35.3 Å². The Kier molecular flexibility index (Phi) is 3.61. The number of nitrogens with one attached hydrogen (secondary N) is 1. The topological polar surface area (TPSA) is 52.0 Å². The second-order valence-electron chi connectivity index (χ2n) is 5.86. The molecule has 1 aliphatic carbocycles. The maximum atomic E-state index is 5.30. The highest BCUT2D eigenvalue weighted by Crippen LogP contribution is 2.34. The number of aromatic nitrogens is 3. The van der Waals surface area contributed by atoms with Gasteiger partial charge in [0.25, 0.3) is 0 Å². The molecule has 2 aromatic rings. The first-order valence-electron chi connectivity index (χ1n) is 7.27. The Morgan fingerprint density at radius 1 is 1.40 bits per heavy atom. The predicted octanol–water partition coefficient (Wildman–Crippen LogP) is 2.85. The van der Waals surface area contributed by atoms with Crippen molar-refractivity contribution < 1.29 is 4.74 Å². The highest BCUT2D eigenvalue weighted by atomic mass is 16.5. The van der Waals surface area contributed by atoms with Crippen LogP contribution in [0.4, 0.5) is 5.69 Å². The van der Waals surface area contributed by atoms with Gasteiger partial charge in [-0.3, -0.25) is 0 Å². The summed E-state index contributed by atoms with van der Waals surface area (Å²) in [6, 6.07) is 2.84. The minimum Gasteiger partial charge on any atom is -0.383 e. The number of ether oxygens (including phenoxy) is 1. The second-order valence-corrected chi connectivity index (χ2v) is 5.86. The Bertz CT molecular complexity index is 589. The van der Waals surface area contributed by atoms with Crippen LogP contribution in [0.1, 0.15) is 32.7 Å². The fourth-order valence-corrected chi connectivity index (χ4v) is 2.58. The monoisotopic (exact) mass is 274 g/mol. The summed E-state index contributed by atoms with van der Waals surface area (Å²) >= 11 is 0. The van der Waals surface area contributed by atoms with Crippen molar-refractivity contribution in [1.82, 2.24) is 14.8 Å². The molecular formula is C15H22N4O. The first-order chi connectivity index (χ1) is 9.69. The summed E-state index contributed by atoms with van der Waals surface area (Å²) in [5.74, 6) is 0.740. The molecule has 0 aromatic carbocycles. The fraction of sp³-hybridized carbons (Fsp3) is 0.600. The third-order valence-corrected chi connectivity index (χ3v) is 3.81. The van der Waals surface area contributed by atoms with E-state index in [-0.39, 0.29) is 0 Å². The Labute approximate surface area is 119 Å². The number of fused-ring (bicyclic) bond motifs is 1. The molecule has 0 bridgehead atoms. The molecule has 0 amide bonds. The number of nitrogens with zero attached hydrogens (tertiary/aromatic N) is 3. The molecule has 1 aliphatic rings. The molecule has 5 nitrogen and oxygen atoms in total. The maximum Gasteiger partial charge on any atom is 0.158 e. The zero-order valence-corrected chi connectivity index (χ0v) is 12.3. The van der Waals surface area contributed by atoms with Crippen LogP contribution in [0.2, 0.25) is 0 Å². The van der Waals surface area contributed by atoms with Crippen molar-refractivity contribution in [3.63, 3.8) is 0 Å². The lowest BCUT2D eigenvalue weighted by Crippen LogP contribution is -2.27. The van der Waals surface area contributed by atoms with Crippen LogP contribution in [-0.2, 0) is 4.74 Å². The quantitative estimate of drug-likeness (QED) is 0.880. The van der Waals surface area contributed by atoms with Crippen molar-refractivity contribution in [1.29, 1.82) is 0 Å². The predicted molar refractivity (Wildman–Crippen MR) is 79.9 cm³/mol. The van der Waals surface area contributed by atoms with E-state index >= 15 is 0 Å². The molecule has 1 fully saturated rings. The standard InChI is InChI=1S/C15H22N4O/c1-10(2)19-15-12(7-17-19)6-13(8-16-15)18-14(9-20-3)11-4-5-11/h6-8,10-11,14,18H,4-5,9H2,1-3H3. The highest BCUT2D eigenvalue weighted by Gasteiger charge is 2.31. The summed E-state index contributed by atoms with van der Waals surface area (Å²) in [4.78, 5) is 4.55. The minimum absolute atomic E-state index is 0.325. The van der Waals surface area contributed by atoms with Crippen LogP contribution in [0.15, 0.2) is 18.5 Å². The highest BCUT2D eigenvalue weighted by molar-refractivity contribution is 5.78. The number of hydrogen-bond donors (Lipinski definition) is 1. The van der Waals surface area contributed by atoms with Crippen molar-refractivity contribution in [2.24, 2.45) is 5.92 Å². The molecule has 2 aromatic heterocycles. The van der Waals surface area contributed by atoms with Gasteiger partial charge in [-0.1, -0.05) is 0 Å². The molecule has 1 N–H and O–H groups in total. The molecule has 0 saturated heterocycles. The SMILES string of the molecule is COCC(Nc1cnc2c(cnn2C(C)C)c1)C1CC1. The van der Waals surface area contributed by atoms with Gasteiger partial charge < -0.3 is 10.1 Å². The number of hydrogen-bond acceptors (Lipinski definition) is 4. The van der Waals surface area contributed by atoms with Crippen LogP contribution in [0.5, 0.6) is 0 Å². The van der Waals surface area contributed by atoms with Crippen LogP contribution < -0.4 is 5.32 Å². The molecule has 0 spiro atoms. The Hall–Kier alpha value is -1.62. The summed E-state index contributed by atoms with van der Waals surface area (Å²) in [5.41, 5.74) is 2.00. The van der Waals surface area contributed by atoms with Crippen molar-refractivity contribution in [3.05, 3.63) is 18.5 Å². The van der Waals surface area contributed by atoms with E-state index in [1.165, 1.54) is 12.8 Å². The largest absolute Gasteiger partial charge is 0.383 e. The average molecular weight is 274 g/mol. The number of rotatable bonds is 6. The Balaban J connectivity index is 1.81. The van der Waals surface area contributed by atoms with Crippen LogP contribution in [0.25, 0.3) is 11.0 Å². The zero-order chi connectivity index (χ0) is 14.1. The van der Waals surface area contributed by atoms with Gasteiger partial charge in [-0.15, -0.1) is 0 Å². The first kappa shape index (κ1) is 13.4. The van der Waals surface area contributed by atoms with Crippen LogP contribution >= 0.6 is 0 Å². The van der Waals surface area contributed by atoms with E-state index in [0.717, 1.165) is 29.2 Å². The lowest BCUT2D eigenvalue weighted by atomic mass is 10.2. The van der Waals surface area contributed by atoms with Gasteiger partial charge >= 0.3 is 0 Å². The lowest BCUT2D eigenvalue weighted by molar-refractivity contribution is 0.179. The summed E-state index contributed by atoms with van der Waals surface area (Å²) in [7, 11) is 1.76. The van der Waals surface area contributed by atoms with E-state index in [0.29, 0.717) is 12.1 Å². The maximum absolute atomic E-state index is 5.30. The summed E-state index contributed by atoms with van der Waals surface area (Å²) in [5, 5.41) is 9.03. The molecule has 108 valence electrons. The zero-order valence-electron chi connectivity index (χ0n) is 12.3. The molecule has 1 unspecified atom stereocenters. The van der Waals surface area contributed by atoms with E-state index in [1.807, 2.05) is 17.1 Å². The molecular weight excluding hydrogens is 252 g/mol. The van der Waals surface area contributed by atoms with Crippen molar-refractivity contribution in [3.8, 4) is 0 Å². The van der Waals surface area contributed by atoms with Crippen LogP contribution in [-0.4, -0.2) is 34.5 Å². The first-order valence-corrected chi connectivity index (χ1v) is 7.27. The summed E-state index contributed by atoms with van der Waals surface area (Å²) < 4.78 is 7.25. The van der Waals surface area contributed by atoms with Gasteiger partial charge in [-0.05, 0) is 38.7 Å². The molecule has 5 heteroatoms. The van der Waals surface area contributed by atoms with Gasteiger partial charge in [0, 0.05) is 18.5 Å². The normalized spacial score (nSPS) is 16.8. The Morgan fingerprint density at radius 2 is 2.20 bits per heavy atom. The molecule has 0 radical (unpaired) electrons. The van der Waals surface area contributed by atoms with Crippen molar-refractivity contribution in [2.45, 2.75) is 38.8 Å². The number of pyridine rings is 1. The van der Waals surface area contributed by atoms with Crippen LogP contribution in [0, 0.1) is 5.92 Å². The average Bonchev–Trinajstić information content (AvgIpc) is 3.17. The molecule has 1 saturated carbocycles. The van der Waals surface area contributed by atoms with Crippen molar-refractivity contribution in [2.75, 3.05) is 19.0 Å². The van der Waals surface area contributed by atoms with E-state index in [9.17, 15) is 0 Å². The van der Waals surface area contributed by atoms with E-state index < -0.39 is 0 Å². The van der Waals surface area contributed by atoms with Gasteiger partial charge in [-0.2, -0.15) is 5.10 Å². The Morgan fingerprint density at radius 3 is 2.85 bits per heavy atom. The van der Waals surface area contributed by atoms with Gasteiger partial charge in [0.2, 0.25) is 0 Å². The molecule has 3 rings (SSSR count). The van der Waals surface area contributed by atoms with E-state index in [4.69, 9.17) is 4.74 Å². The molecule has 1 atom stereocenters.